The number of imidazole rings is 1. The number of halogens is 1. The van der Waals surface area contributed by atoms with E-state index in [1.807, 2.05) is 28.9 Å². The van der Waals surface area contributed by atoms with Gasteiger partial charge in [0.05, 0.1) is 5.56 Å². The zero-order valence-electron chi connectivity index (χ0n) is 10.8. The highest BCUT2D eigenvalue weighted by atomic mass is 79.9. The van der Waals surface area contributed by atoms with Crippen molar-refractivity contribution in [2.75, 3.05) is 6.54 Å². The van der Waals surface area contributed by atoms with Gasteiger partial charge in [0, 0.05) is 31.0 Å². The number of aromatic nitrogens is 2. The second-order valence-electron chi connectivity index (χ2n) is 5.66. The zero-order chi connectivity index (χ0) is 13.7. The van der Waals surface area contributed by atoms with E-state index in [9.17, 15) is 4.79 Å². The molecule has 3 atom stereocenters. The van der Waals surface area contributed by atoms with E-state index in [-0.39, 0.29) is 5.91 Å². The van der Waals surface area contributed by atoms with Gasteiger partial charge in [-0.1, -0.05) is 0 Å². The normalized spacial score (nSPS) is 28.1. The van der Waals surface area contributed by atoms with Crippen LogP contribution < -0.4 is 10.6 Å². The maximum Gasteiger partial charge on any atom is 0.253 e. The number of pyridine rings is 1. The Morgan fingerprint density at radius 3 is 3.05 bits per heavy atom. The molecule has 2 aliphatic rings. The molecule has 2 bridgehead atoms. The lowest BCUT2D eigenvalue weighted by atomic mass is 10.0. The van der Waals surface area contributed by atoms with E-state index in [0.717, 1.165) is 23.2 Å². The molecule has 20 heavy (non-hydrogen) atoms. The molecule has 2 aromatic rings. The van der Waals surface area contributed by atoms with Crippen molar-refractivity contribution in [2.45, 2.75) is 24.9 Å². The zero-order valence-corrected chi connectivity index (χ0v) is 12.4. The van der Waals surface area contributed by atoms with Gasteiger partial charge < -0.3 is 15.0 Å². The Bertz CT molecular complexity index is 683. The van der Waals surface area contributed by atoms with Crippen LogP contribution in [0.2, 0.25) is 0 Å². The van der Waals surface area contributed by atoms with Gasteiger partial charge in [0.25, 0.3) is 5.91 Å². The van der Waals surface area contributed by atoms with Crippen LogP contribution in [-0.2, 0) is 0 Å². The van der Waals surface area contributed by atoms with Gasteiger partial charge in [0.15, 0.2) is 0 Å². The molecule has 1 aliphatic heterocycles. The SMILES string of the molecule is O=C(NC1CC2CC1CN2)c1ccc2nc(Br)cn2c1. The van der Waals surface area contributed by atoms with Gasteiger partial charge in [-0.2, -0.15) is 0 Å². The van der Waals surface area contributed by atoms with Gasteiger partial charge >= 0.3 is 0 Å². The van der Waals surface area contributed by atoms with Crippen molar-refractivity contribution in [3.8, 4) is 0 Å². The fourth-order valence-electron chi connectivity index (χ4n) is 3.36. The first-order chi connectivity index (χ1) is 9.69. The molecule has 0 spiro atoms. The summed E-state index contributed by atoms with van der Waals surface area (Å²) < 4.78 is 2.63. The largest absolute Gasteiger partial charge is 0.349 e. The molecular formula is C14H15BrN4O. The van der Waals surface area contributed by atoms with Crippen LogP contribution in [0, 0.1) is 5.92 Å². The molecule has 1 amide bonds. The van der Waals surface area contributed by atoms with Crippen molar-refractivity contribution in [1.29, 1.82) is 0 Å². The standard InChI is InChI=1S/C14H15BrN4O/c15-12-7-19-6-8(1-2-13(19)18-12)14(20)17-11-4-10-3-9(11)5-16-10/h1-2,6-7,9-11,16H,3-5H2,(H,17,20). The topological polar surface area (TPSA) is 58.4 Å². The van der Waals surface area contributed by atoms with Crippen molar-refractivity contribution in [2.24, 2.45) is 5.92 Å². The first-order valence-corrected chi connectivity index (χ1v) is 7.67. The summed E-state index contributed by atoms with van der Waals surface area (Å²) in [5, 5.41) is 6.63. The van der Waals surface area contributed by atoms with Crippen LogP contribution in [0.3, 0.4) is 0 Å². The van der Waals surface area contributed by atoms with Crippen LogP contribution in [0.5, 0.6) is 0 Å². The second kappa shape index (κ2) is 4.56. The van der Waals surface area contributed by atoms with E-state index in [2.05, 4.69) is 31.5 Å². The Hall–Kier alpha value is -1.40. The summed E-state index contributed by atoms with van der Waals surface area (Å²) in [5.74, 6) is 0.601. The molecule has 4 rings (SSSR count). The Morgan fingerprint density at radius 1 is 1.40 bits per heavy atom. The van der Waals surface area contributed by atoms with Gasteiger partial charge in [0.1, 0.15) is 10.3 Å². The van der Waals surface area contributed by atoms with Crippen LogP contribution in [0.4, 0.5) is 0 Å². The maximum absolute atomic E-state index is 12.4. The molecule has 1 aliphatic carbocycles. The first-order valence-electron chi connectivity index (χ1n) is 6.87. The molecule has 104 valence electrons. The maximum atomic E-state index is 12.4. The van der Waals surface area contributed by atoms with Crippen LogP contribution >= 0.6 is 15.9 Å². The summed E-state index contributed by atoms with van der Waals surface area (Å²) in [7, 11) is 0. The summed E-state index contributed by atoms with van der Waals surface area (Å²) in [6.45, 7) is 1.03. The van der Waals surface area contributed by atoms with E-state index in [1.54, 1.807) is 0 Å². The van der Waals surface area contributed by atoms with Crippen LogP contribution in [0.25, 0.3) is 5.65 Å². The van der Waals surface area contributed by atoms with Crippen LogP contribution in [0.15, 0.2) is 29.1 Å². The average Bonchev–Trinajstić information content (AvgIpc) is 3.10. The molecule has 1 saturated heterocycles. The van der Waals surface area contributed by atoms with Crippen LogP contribution in [-0.4, -0.2) is 33.9 Å². The number of piperidine rings is 1. The number of carbonyl (C=O) groups is 1. The highest BCUT2D eigenvalue weighted by Gasteiger charge is 2.40. The molecule has 3 unspecified atom stereocenters. The molecular weight excluding hydrogens is 320 g/mol. The van der Waals surface area contributed by atoms with Gasteiger partial charge in [0.2, 0.25) is 0 Å². The van der Waals surface area contributed by atoms with Crippen molar-refractivity contribution < 1.29 is 4.79 Å². The summed E-state index contributed by atoms with van der Waals surface area (Å²) >= 11 is 3.34. The third-order valence-corrected chi connectivity index (χ3v) is 4.75. The van der Waals surface area contributed by atoms with E-state index >= 15 is 0 Å². The van der Waals surface area contributed by atoms with Crippen LogP contribution in [0.1, 0.15) is 23.2 Å². The molecule has 6 heteroatoms. The molecule has 2 aromatic heterocycles. The van der Waals surface area contributed by atoms with Gasteiger partial charge in [-0.25, -0.2) is 4.98 Å². The number of nitrogens with one attached hydrogen (secondary N) is 2. The third-order valence-electron chi connectivity index (χ3n) is 4.36. The quantitative estimate of drug-likeness (QED) is 0.876. The number of carbonyl (C=O) groups excluding carboxylic acids is 1. The minimum atomic E-state index is 0.00859. The number of fused-ring (bicyclic) bond motifs is 3. The third kappa shape index (κ3) is 2.03. The Morgan fingerprint density at radius 2 is 2.30 bits per heavy atom. The second-order valence-corrected chi connectivity index (χ2v) is 6.48. The van der Waals surface area contributed by atoms with Gasteiger partial charge in [-0.05, 0) is 46.8 Å². The number of amides is 1. The fourth-order valence-corrected chi connectivity index (χ4v) is 3.76. The molecule has 0 radical (unpaired) electrons. The number of rotatable bonds is 2. The van der Waals surface area contributed by atoms with Crippen molar-refractivity contribution in [1.82, 2.24) is 20.0 Å². The van der Waals surface area contributed by atoms with E-state index in [0.29, 0.717) is 23.6 Å². The van der Waals surface area contributed by atoms with E-state index < -0.39 is 0 Å². The number of hydrogen-bond acceptors (Lipinski definition) is 3. The fraction of sp³-hybridized carbons (Fsp3) is 0.429. The van der Waals surface area contributed by atoms with E-state index in [4.69, 9.17) is 0 Å². The Labute approximate surface area is 124 Å². The Balaban J connectivity index is 1.54. The smallest absolute Gasteiger partial charge is 0.253 e. The predicted octanol–water partition coefficient (Wildman–Crippen LogP) is 1.58. The molecule has 3 heterocycles. The summed E-state index contributed by atoms with van der Waals surface area (Å²) in [6.07, 6.45) is 5.93. The lowest BCUT2D eigenvalue weighted by Crippen LogP contribution is -2.44. The lowest BCUT2D eigenvalue weighted by molar-refractivity contribution is 0.0924. The van der Waals surface area contributed by atoms with Gasteiger partial charge in [-0.15, -0.1) is 0 Å². The molecule has 0 aromatic carbocycles. The predicted molar refractivity (Wildman–Crippen MR) is 78.7 cm³/mol. The molecule has 5 nitrogen and oxygen atoms in total. The number of hydrogen-bond donors (Lipinski definition) is 2. The summed E-state index contributed by atoms with van der Waals surface area (Å²) in [5.41, 5.74) is 1.51. The van der Waals surface area contributed by atoms with Crippen molar-refractivity contribution >= 4 is 27.5 Å². The minimum Gasteiger partial charge on any atom is -0.349 e. The van der Waals surface area contributed by atoms with Gasteiger partial charge in [-0.3, -0.25) is 4.79 Å². The lowest BCUT2D eigenvalue weighted by Gasteiger charge is -2.23. The van der Waals surface area contributed by atoms with Crippen molar-refractivity contribution in [3.63, 3.8) is 0 Å². The highest BCUT2D eigenvalue weighted by Crippen LogP contribution is 2.31. The monoisotopic (exact) mass is 334 g/mol. The Kier molecular flexibility index (Phi) is 2.82. The van der Waals surface area contributed by atoms with E-state index in [1.165, 1.54) is 6.42 Å². The molecule has 2 fully saturated rings. The summed E-state index contributed by atoms with van der Waals surface area (Å²) in [6, 6.07) is 4.61. The first kappa shape index (κ1) is 12.3. The number of nitrogens with zero attached hydrogens (tertiary/aromatic N) is 2. The average molecular weight is 335 g/mol. The summed E-state index contributed by atoms with van der Waals surface area (Å²) in [4.78, 5) is 16.6. The molecule has 2 N–H and O–H groups in total. The highest BCUT2D eigenvalue weighted by molar-refractivity contribution is 9.10. The minimum absolute atomic E-state index is 0.00859. The molecule has 1 saturated carbocycles. The van der Waals surface area contributed by atoms with Crippen molar-refractivity contribution in [3.05, 3.63) is 34.7 Å².